The number of aryl methyl sites for hydroxylation is 1. The summed E-state index contributed by atoms with van der Waals surface area (Å²) in [5.41, 5.74) is 0. The van der Waals surface area contributed by atoms with Crippen LogP contribution in [0, 0.1) is 0 Å². The van der Waals surface area contributed by atoms with Crippen LogP contribution >= 0.6 is 0 Å². The van der Waals surface area contributed by atoms with Crippen molar-refractivity contribution in [2.24, 2.45) is 7.05 Å². The topological polar surface area (TPSA) is 41.9 Å². The molecule has 0 radical (unpaired) electrons. The van der Waals surface area contributed by atoms with Gasteiger partial charge >= 0.3 is 0 Å². The second-order valence-electron chi connectivity index (χ2n) is 2.37. The summed E-state index contributed by atoms with van der Waals surface area (Å²) in [6, 6.07) is 1.95. The van der Waals surface area contributed by atoms with Gasteiger partial charge in [-0.1, -0.05) is 0 Å². The summed E-state index contributed by atoms with van der Waals surface area (Å²) >= 11 is 0. The first-order valence-corrected chi connectivity index (χ1v) is 3.71. The van der Waals surface area contributed by atoms with E-state index in [1.807, 2.05) is 24.8 Å². The number of rotatable bonds is 4. The van der Waals surface area contributed by atoms with Crippen molar-refractivity contribution in [3.63, 3.8) is 0 Å². The maximum absolute atomic E-state index is 4.03. The van der Waals surface area contributed by atoms with Crippen LogP contribution in [0.4, 0.5) is 5.82 Å². The summed E-state index contributed by atoms with van der Waals surface area (Å²) < 4.78 is 1.82. The maximum atomic E-state index is 4.03. The van der Waals surface area contributed by atoms with Crippen LogP contribution in [0.1, 0.15) is 0 Å². The lowest BCUT2D eigenvalue weighted by atomic mass is 10.5. The first kappa shape index (κ1) is 8.07. The Morgan fingerprint density at radius 3 is 2.91 bits per heavy atom. The average molecular weight is 154 g/mol. The number of nitrogens with one attached hydrogen (secondary N) is 2. The van der Waals surface area contributed by atoms with Gasteiger partial charge in [-0.3, -0.25) is 4.68 Å². The molecule has 0 bridgehead atoms. The molecule has 0 aliphatic carbocycles. The van der Waals surface area contributed by atoms with E-state index in [2.05, 4.69) is 15.7 Å². The van der Waals surface area contributed by atoms with E-state index in [-0.39, 0.29) is 0 Å². The van der Waals surface area contributed by atoms with Gasteiger partial charge in [-0.2, -0.15) is 5.10 Å². The second-order valence-corrected chi connectivity index (χ2v) is 2.37. The van der Waals surface area contributed by atoms with Gasteiger partial charge in [0.15, 0.2) is 0 Å². The summed E-state index contributed by atoms with van der Waals surface area (Å²) in [5.74, 6) is 1.06. The van der Waals surface area contributed by atoms with Gasteiger partial charge in [0, 0.05) is 26.2 Å². The van der Waals surface area contributed by atoms with Crippen molar-refractivity contribution in [1.29, 1.82) is 0 Å². The van der Waals surface area contributed by atoms with Crippen LogP contribution in [-0.4, -0.2) is 29.9 Å². The molecule has 0 fully saturated rings. The lowest BCUT2D eigenvalue weighted by Gasteiger charge is -2.04. The fourth-order valence-corrected chi connectivity index (χ4v) is 0.863. The number of hydrogen-bond acceptors (Lipinski definition) is 3. The Labute approximate surface area is 66.6 Å². The Kier molecular flexibility index (Phi) is 2.92. The molecule has 0 aromatic carbocycles. The van der Waals surface area contributed by atoms with Gasteiger partial charge < -0.3 is 10.6 Å². The molecule has 0 saturated carbocycles. The van der Waals surface area contributed by atoms with Crippen molar-refractivity contribution in [1.82, 2.24) is 15.1 Å². The van der Waals surface area contributed by atoms with Gasteiger partial charge in [-0.15, -0.1) is 0 Å². The lowest BCUT2D eigenvalue weighted by Crippen LogP contribution is -2.18. The van der Waals surface area contributed by atoms with Crippen molar-refractivity contribution in [2.75, 3.05) is 25.5 Å². The van der Waals surface area contributed by atoms with Crippen LogP contribution in [0.25, 0.3) is 0 Å². The summed E-state index contributed by atoms with van der Waals surface area (Å²) in [6.45, 7) is 1.89. The highest BCUT2D eigenvalue weighted by Crippen LogP contribution is 2.01. The summed E-state index contributed by atoms with van der Waals surface area (Å²) in [5, 5.41) is 10.3. The zero-order valence-corrected chi connectivity index (χ0v) is 6.96. The molecular formula is C7H14N4. The number of likely N-dealkylation sites (N-methyl/N-ethyl adjacent to an activating group) is 1. The van der Waals surface area contributed by atoms with Crippen molar-refractivity contribution in [3.8, 4) is 0 Å². The zero-order chi connectivity index (χ0) is 8.10. The van der Waals surface area contributed by atoms with Gasteiger partial charge in [0.25, 0.3) is 0 Å². The molecule has 1 heterocycles. The van der Waals surface area contributed by atoms with E-state index in [0.717, 1.165) is 18.9 Å². The van der Waals surface area contributed by atoms with Crippen molar-refractivity contribution in [3.05, 3.63) is 12.3 Å². The zero-order valence-electron chi connectivity index (χ0n) is 6.96. The van der Waals surface area contributed by atoms with Crippen LogP contribution in [-0.2, 0) is 7.05 Å². The van der Waals surface area contributed by atoms with Crippen LogP contribution in [0.15, 0.2) is 12.3 Å². The Morgan fingerprint density at radius 2 is 2.36 bits per heavy atom. The fourth-order valence-electron chi connectivity index (χ4n) is 0.863. The molecule has 0 aliphatic heterocycles. The van der Waals surface area contributed by atoms with E-state index in [9.17, 15) is 0 Å². The SMILES string of the molecule is CNCCNc1ccnn1C. The predicted octanol–water partition coefficient (Wildman–Crippen LogP) is 0.0514. The third-order valence-corrected chi connectivity index (χ3v) is 1.50. The van der Waals surface area contributed by atoms with Crippen LogP contribution in [0.2, 0.25) is 0 Å². The molecule has 62 valence electrons. The Hall–Kier alpha value is -1.03. The molecule has 4 heteroatoms. The highest BCUT2D eigenvalue weighted by molar-refractivity contribution is 5.33. The normalized spacial score (nSPS) is 10.0. The highest BCUT2D eigenvalue weighted by Gasteiger charge is 1.93. The fraction of sp³-hybridized carbons (Fsp3) is 0.571. The third kappa shape index (κ3) is 2.23. The van der Waals surface area contributed by atoms with E-state index >= 15 is 0 Å². The molecule has 0 unspecified atom stereocenters. The number of hydrogen-bond donors (Lipinski definition) is 2. The smallest absolute Gasteiger partial charge is 0.123 e. The maximum Gasteiger partial charge on any atom is 0.123 e. The second kappa shape index (κ2) is 3.98. The molecule has 0 atom stereocenters. The first-order chi connectivity index (χ1) is 5.34. The minimum absolute atomic E-state index is 0.927. The standard InChI is InChI=1S/C7H14N4/c1-8-5-6-9-7-3-4-10-11(7)2/h3-4,8-9H,5-6H2,1-2H3. The largest absolute Gasteiger partial charge is 0.369 e. The molecule has 0 spiro atoms. The lowest BCUT2D eigenvalue weighted by molar-refractivity contribution is 0.757. The third-order valence-electron chi connectivity index (χ3n) is 1.50. The molecule has 4 nitrogen and oxygen atoms in total. The quantitative estimate of drug-likeness (QED) is 0.602. The van der Waals surface area contributed by atoms with Crippen LogP contribution in [0.5, 0.6) is 0 Å². The van der Waals surface area contributed by atoms with Gasteiger partial charge in [-0.25, -0.2) is 0 Å². The van der Waals surface area contributed by atoms with Gasteiger partial charge in [0.05, 0.1) is 6.20 Å². The highest BCUT2D eigenvalue weighted by atomic mass is 15.3. The van der Waals surface area contributed by atoms with Crippen LogP contribution in [0.3, 0.4) is 0 Å². The Balaban J connectivity index is 2.32. The van der Waals surface area contributed by atoms with Crippen molar-refractivity contribution < 1.29 is 0 Å². The molecule has 1 aromatic rings. The molecule has 0 amide bonds. The Morgan fingerprint density at radius 1 is 1.55 bits per heavy atom. The van der Waals surface area contributed by atoms with Crippen LogP contribution < -0.4 is 10.6 Å². The summed E-state index contributed by atoms with van der Waals surface area (Å²) in [6.07, 6.45) is 1.78. The molecule has 0 aliphatic rings. The van der Waals surface area contributed by atoms with E-state index < -0.39 is 0 Å². The molecule has 1 aromatic heterocycles. The van der Waals surface area contributed by atoms with E-state index in [1.165, 1.54) is 0 Å². The minimum atomic E-state index is 0.927. The average Bonchev–Trinajstić information content (AvgIpc) is 2.37. The number of anilines is 1. The van der Waals surface area contributed by atoms with Gasteiger partial charge in [0.2, 0.25) is 0 Å². The molecule has 2 N–H and O–H groups in total. The molecule has 0 saturated heterocycles. The van der Waals surface area contributed by atoms with E-state index in [1.54, 1.807) is 6.20 Å². The predicted molar refractivity (Wildman–Crippen MR) is 45.6 cm³/mol. The molecular weight excluding hydrogens is 140 g/mol. The summed E-state index contributed by atoms with van der Waals surface area (Å²) in [7, 11) is 3.85. The number of aromatic nitrogens is 2. The van der Waals surface area contributed by atoms with Gasteiger partial charge in [0.1, 0.15) is 5.82 Å². The minimum Gasteiger partial charge on any atom is -0.369 e. The van der Waals surface area contributed by atoms with Crippen molar-refractivity contribution >= 4 is 5.82 Å². The number of nitrogens with zero attached hydrogens (tertiary/aromatic N) is 2. The van der Waals surface area contributed by atoms with E-state index in [0.29, 0.717) is 0 Å². The molecule has 1 rings (SSSR count). The van der Waals surface area contributed by atoms with Crippen molar-refractivity contribution in [2.45, 2.75) is 0 Å². The first-order valence-electron chi connectivity index (χ1n) is 3.71. The van der Waals surface area contributed by atoms with Gasteiger partial charge in [-0.05, 0) is 7.05 Å². The monoisotopic (exact) mass is 154 g/mol. The summed E-state index contributed by atoms with van der Waals surface area (Å²) in [4.78, 5) is 0. The Bertz CT molecular complexity index is 206. The van der Waals surface area contributed by atoms with E-state index in [4.69, 9.17) is 0 Å². The molecule has 11 heavy (non-hydrogen) atoms.